The molecule has 0 saturated heterocycles. The highest BCUT2D eigenvalue weighted by atomic mass is 35.5. The second-order valence-electron chi connectivity index (χ2n) is 8.41. The van der Waals surface area contributed by atoms with Gasteiger partial charge in [0.1, 0.15) is 5.75 Å². The number of halogens is 1. The molecule has 5 heteroatoms. The van der Waals surface area contributed by atoms with E-state index in [0.717, 1.165) is 17.7 Å². The van der Waals surface area contributed by atoms with Crippen LogP contribution in [0.15, 0.2) is 85.1 Å². The Kier molecular flexibility index (Phi) is 7.84. The largest absolute Gasteiger partial charge is 0.495 e. The first kappa shape index (κ1) is 23.8. The van der Waals surface area contributed by atoms with E-state index in [9.17, 15) is 9.90 Å². The Labute approximate surface area is 205 Å². The van der Waals surface area contributed by atoms with Gasteiger partial charge in [-0.1, -0.05) is 60.1 Å². The maximum Gasteiger partial charge on any atom is 0.158 e. The van der Waals surface area contributed by atoms with Crippen LogP contribution in [0.1, 0.15) is 29.5 Å². The molecule has 0 bridgehead atoms. The van der Waals surface area contributed by atoms with Gasteiger partial charge >= 0.3 is 0 Å². The molecular formula is C29H28ClNO3. The van der Waals surface area contributed by atoms with Crippen molar-refractivity contribution in [2.24, 2.45) is 0 Å². The number of fused-ring (bicyclic) bond motifs is 1. The van der Waals surface area contributed by atoms with Crippen LogP contribution in [0.5, 0.6) is 5.75 Å². The smallest absolute Gasteiger partial charge is 0.158 e. The highest BCUT2D eigenvalue weighted by Gasteiger charge is 2.10. The molecular weight excluding hydrogens is 446 g/mol. The summed E-state index contributed by atoms with van der Waals surface area (Å²) in [6.07, 6.45) is 5.97. The molecule has 34 heavy (non-hydrogen) atoms. The fraction of sp³-hybridized carbons (Fsp3) is 0.207. The Morgan fingerprint density at radius 2 is 1.88 bits per heavy atom. The molecule has 1 atom stereocenters. The third kappa shape index (κ3) is 6.16. The number of aliphatic hydroxyl groups excluding tert-OH is 1. The van der Waals surface area contributed by atoms with Crippen LogP contribution in [0.25, 0.3) is 17.0 Å². The summed E-state index contributed by atoms with van der Waals surface area (Å²) in [6.45, 7) is 0.834. The minimum atomic E-state index is -0.685. The zero-order chi connectivity index (χ0) is 23.9. The van der Waals surface area contributed by atoms with E-state index in [4.69, 9.17) is 16.3 Å². The van der Waals surface area contributed by atoms with E-state index in [1.165, 1.54) is 22.5 Å². The summed E-state index contributed by atoms with van der Waals surface area (Å²) in [5.74, 6) is 0.443. The summed E-state index contributed by atoms with van der Waals surface area (Å²) in [5, 5.41) is 12.1. The van der Waals surface area contributed by atoms with E-state index >= 15 is 0 Å². The SMILES string of the molecule is COc1cc(/C=C/C(=O)CC(O)CCc2ccc3c(ccn3Cc3ccccc3)c2)ccc1Cl. The third-order valence-electron chi connectivity index (χ3n) is 5.87. The van der Waals surface area contributed by atoms with Gasteiger partial charge in [-0.15, -0.1) is 0 Å². The number of aliphatic hydroxyl groups is 1. The standard InChI is InChI=1S/C29H28ClNO3/c1-34-29-18-22(9-13-27(29)30)8-12-26(33)19-25(32)11-7-21-10-14-28-24(17-21)15-16-31(28)20-23-5-3-2-4-6-23/h2-6,8-10,12-18,25,32H,7,11,19-20H2,1H3/b12-8+. The second kappa shape index (κ2) is 11.2. The zero-order valence-corrected chi connectivity index (χ0v) is 19.9. The van der Waals surface area contributed by atoms with E-state index in [-0.39, 0.29) is 12.2 Å². The van der Waals surface area contributed by atoms with Crippen molar-refractivity contribution >= 4 is 34.4 Å². The second-order valence-corrected chi connectivity index (χ2v) is 8.82. The van der Waals surface area contributed by atoms with E-state index < -0.39 is 6.10 Å². The van der Waals surface area contributed by atoms with Crippen LogP contribution in [0.2, 0.25) is 5.02 Å². The fourth-order valence-electron chi connectivity index (χ4n) is 4.03. The van der Waals surface area contributed by atoms with Gasteiger partial charge in [0.15, 0.2) is 5.78 Å². The van der Waals surface area contributed by atoms with Crippen molar-refractivity contribution in [2.75, 3.05) is 7.11 Å². The average molecular weight is 474 g/mol. The maximum absolute atomic E-state index is 12.3. The summed E-state index contributed by atoms with van der Waals surface area (Å²) >= 11 is 6.03. The van der Waals surface area contributed by atoms with Gasteiger partial charge in [0.05, 0.1) is 18.2 Å². The number of nitrogens with zero attached hydrogens (tertiary/aromatic N) is 1. The van der Waals surface area contributed by atoms with Gasteiger partial charge in [-0.2, -0.15) is 0 Å². The minimum absolute atomic E-state index is 0.0942. The monoisotopic (exact) mass is 473 g/mol. The maximum atomic E-state index is 12.3. The summed E-state index contributed by atoms with van der Waals surface area (Å²) in [5.41, 5.74) is 4.42. The Bertz CT molecular complexity index is 1290. The normalized spacial score (nSPS) is 12.3. The number of ketones is 1. The average Bonchev–Trinajstić information content (AvgIpc) is 3.24. The molecule has 1 aromatic heterocycles. The molecule has 0 spiro atoms. The predicted molar refractivity (Wildman–Crippen MR) is 138 cm³/mol. The van der Waals surface area contributed by atoms with Gasteiger partial charge in [0.2, 0.25) is 0 Å². The molecule has 0 radical (unpaired) electrons. The number of aromatic nitrogens is 1. The van der Waals surface area contributed by atoms with Crippen LogP contribution in [-0.4, -0.2) is 28.7 Å². The summed E-state index contributed by atoms with van der Waals surface area (Å²) in [6, 6.07) is 24.2. The molecule has 1 heterocycles. The number of methoxy groups -OCH3 is 1. The van der Waals surface area contributed by atoms with E-state index in [1.54, 1.807) is 25.3 Å². The predicted octanol–water partition coefficient (Wildman–Crippen LogP) is 6.32. The Morgan fingerprint density at radius 1 is 1.06 bits per heavy atom. The first-order valence-corrected chi connectivity index (χ1v) is 11.7. The van der Waals surface area contributed by atoms with Crippen molar-refractivity contribution in [1.82, 2.24) is 4.57 Å². The number of carbonyl (C=O) groups excluding carboxylic acids is 1. The van der Waals surface area contributed by atoms with Gasteiger partial charge in [0.25, 0.3) is 0 Å². The van der Waals surface area contributed by atoms with Gasteiger partial charge in [-0.25, -0.2) is 0 Å². The number of hydrogen-bond donors (Lipinski definition) is 1. The first-order valence-electron chi connectivity index (χ1n) is 11.4. The molecule has 1 unspecified atom stereocenters. The highest BCUT2D eigenvalue weighted by molar-refractivity contribution is 6.32. The Hall–Kier alpha value is -3.34. The number of benzene rings is 3. The molecule has 0 saturated carbocycles. The molecule has 3 aromatic carbocycles. The van der Waals surface area contributed by atoms with Crippen LogP contribution in [0.4, 0.5) is 0 Å². The minimum Gasteiger partial charge on any atom is -0.495 e. The topological polar surface area (TPSA) is 51.5 Å². The Morgan fingerprint density at radius 3 is 2.68 bits per heavy atom. The summed E-state index contributed by atoms with van der Waals surface area (Å²) < 4.78 is 7.43. The molecule has 0 aliphatic heterocycles. The first-order chi connectivity index (χ1) is 16.5. The van der Waals surface area contributed by atoms with Crippen molar-refractivity contribution in [1.29, 1.82) is 0 Å². The van der Waals surface area contributed by atoms with Crippen LogP contribution in [-0.2, 0) is 17.8 Å². The lowest BCUT2D eigenvalue weighted by molar-refractivity contribution is -0.116. The van der Waals surface area contributed by atoms with Crippen molar-refractivity contribution in [2.45, 2.75) is 31.9 Å². The molecule has 174 valence electrons. The van der Waals surface area contributed by atoms with Crippen molar-refractivity contribution in [3.05, 3.63) is 107 Å². The highest BCUT2D eigenvalue weighted by Crippen LogP contribution is 2.25. The number of allylic oxidation sites excluding steroid dienone is 1. The lowest BCUT2D eigenvalue weighted by Gasteiger charge is -2.10. The fourth-order valence-corrected chi connectivity index (χ4v) is 4.22. The van der Waals surface area contributed by atoms with E-state index in [1.807, 2.05) is 12.1 Å². The van der Waals surface area contributed by atoms with Gasteiger partial charge in [0, 0.05) is 24.7 Å². The molecule has 0 amide bonds. The van der Waals surface area contributed by atoms with Gasteiger partial charge < -0.3 is 14.4 Å². The van der Waals surface area contributed by atoms with Crippen LogP contribution in [0, 0.1) is 0 Å². The molecule has 4 rings (SSSR count). The van der Waals surface area contributed by atoms with E-state index in [2.05, 4.69) is 59.3 Å². The van der Waals surface area contributed by atoms with Gasteiger partial charge in [-0.3, -0.25) is 4.79 Å². The van der Waals surface area contributed by atoms with Crippen LogP contribution >= 0.6 is 11.6 Å². The molecule has 0 fully saturated rings. The lowest BCUT2D eigenvalue weighted by Crippen LogP contribution is -2.12. The molecule has 4 aromatic rings. The van der Waals surface area contributed by atoms with Crippen molar-refractivity contribution in [3.63, 3.8) is 0 Å². The quantitative estimate of drug-likeness (QED) is 0.274. The molecule has 4 nitrogen and oxygen atoms in total. The number of rotatable bonds is 10. The Balaban J connectivity index is 1.30. The number of hydrogen-bond acceptors (Lipinski definition) is 3. The third-order valence-corrected chi connectivity index (χ3v) is 6.18. The molecule has 1 N–H and O–H groups in total. The summed E-state index contributed by atoms with van der Waals surface area (Å²) in [7, 11) is 1.55. The van der Waals surface area contributed by atoms with Crippen LogP contribution < -0.4 is 4.74 Å². The number of carbonyl (C=O) groups is 1. The number of ether oxygens (including phenoxy) is 1. The number of aryl methyl sites for hydroxylation is 1. The molecule has 0 aliphatic rings. The van der Waals surface area contributed by atoms with Crippen LogP contribution in [0.3, 0.4) is 0 Å². The summed E-state index contributed by atoms with van der Waals surface area (Å²) in [4.78, 5) is 12.3. The molecule has 0 aliphatic carbocycles. The zero-order valence-electron chi connectivity index (χ0n) is 19.2. The van der Waals surface area contributed by atoms with Crippen molar-refractivity contribution < 1.29 is 14.6 Å². The van der Waals surface area contributed by atoms with E-state index in [0.29, 0.717) is 23.6 Å². The van der Waals surface area contributed by atoms with Crippen molar-refractivity contribution in [3.8, 4) is 5.75 Å². The van der Waals surface area contributed by atoms with Gasteiger partial charge in [-0.05, 0) is 71.3 Å². The lowest BCUT2D eigenvalue weighted by atomic mass is 10.0.